The number of nitrogens with two attached hydrogens (primary N) is 1. The summed E-state index contributed by atoms with van der Waals surface area (Å²) in [4.78, 5) is 15.8. The first-order valence-electron chi connectivity index (χ1n) is 6.29. The van der Waals surface area contributed by atoms with E-state index >= 15 is 0 Å². The van der Waals surface area contributed by atoms with E-state index in [-0.39, 0.29) is 12.5 Å². The number of anilines is 1. The van der Waals surface area contributed by atoms with E-state index in [4.69, 9.17) is 14.9 Å². The SMILES string of the molecule is Cc1nc(-c2ccc(NC(=O)COCCN)cc2)co1. The lowest BCUT2D eigenvalue weighted by atomic mass is 10.1. The molecule has 2 rings (SSSR count). The van der Waals surface area contributed by atoms with E-state index in [1.165, 1.54) is 0 Å². The molecule has 6 nitrogen and oxygen atoms in total. The lowest BCUT2D eigenvalue weighted by molar-refractivity contribution is -0.120. The molecule has 0 aliphatic carbocycles. The molecule has 6 heteroatoms. The topological polar surface area (TPSA) is 90.4 Å². The zero-order valence-electron chi connectivity index (χ0n) is 11.3. The van der Waals surface area contributed by atoms with Crippen molar-refractivity contribution in [2.75, 3.05) is 25.1 Å². The van der Waals surface area contributed by atoms with Gasteiger partial charge < -0.3 is 20.2 Å². The molecule has 1 amide bonds. The molecule has 0 aliphatic heterocycles. The number of hydrogen-bond acceptors (Lipinski definition) is 5. The standard InChI is InChI=1S/C14H17N3O3/c1-10-16-13(8-20-10)11-2-4-12(5-3-11)17-14(18)9-19-7-6-15/h2-5,8H,6-7,9,15H2,1H3,(H,17,18). The molecular formula is C14H17N3O3. The zero-order chi connectivity index (χ0) is 14.4. The molecule has 0 spiro atoms. The van der Waals surface area contributed by atoms with Crippen molar-refractivity contribution in [2.24, 2.45) is 5.73 Å². The van der Waals surface area contributed by atoms with Crippen LogP contribution in [-0.4, -0.2) is 30.6 Å². The summed E-state index contributed by atoms with van der Waals surface area (Å²) < 4.78 is 10.2. The summed E-state index contributed by atoms with van der Waals surface area (Å²) in [6.45, 7) is 2.57. The molecular weight excluding hydrogens is 258 g/mol. The molecule has 1 heterocycles. The average Bonchev–Trinajstić information content (AvgIpc) is 2.86. The van der Waals surface area contributed by atoms with Crippen molar-refractivity contribution in [2.45, 2.75) is 6.92 Å². The van der Waals surface area contributed by atoms with Crippen LogP contribution in [-0.2, 0) is 9.53 Å². The minimum Gasteiger partial charge on any atom is -0.449 e. The van der Waals surface area contributed by atoms with Gasteiger partial charge >= 0.3 is 0 Å². The maximum atomic E-state index is 11.5. The molecule has 3 N–H and O–H groups in total. The Morgan fingerprint density at radius 1 is 1.40 bits per heavy atom. The highest BCUT2D eigenvalue weighted by Gasteiger charge is 2.05. The third-order valence-electron chi connectivity index (χ3n) is 2.58. The third-order valence-corrected chi connectivity index (χ3v) is 2.58. The summed E-state index contributed by atoms with van der Waals surface area (Å²) in [6, 6.07) is 7.35. The molecule has 0 saturated heterocycles. The lowest BCUT2D eigenvalue weighted by Crippen LogP contribution is -2.20. The van der Waals surface area contributed by atoms with Gasteiger partial charge in [-0.1, -0.05) is 12.1 Å². The van der Waals surface area contributed by atoms with Gasteiger partial charge in [0.15, 0.2) is 5.89 Å². The normalized spacial score (nSPS) is 10.5. The van der Waals surface area contributed by atoms with Crippen LogP contribution in [0.15, 0.2) is 34.9 Å². The third kappa shape index (κ3) is 3.91. The molecule has 0 fully saturated rings. The first kappa shape index (κ1) is 14.2. The van der Waals surface area contributed by atoms with Crippen molar-refractivity contribution in [3.63, 3.8) is 0 Å². The van der Waals surface area contributed by atoms with E-state index in [1.807, 2.05) is 12.1 Å². The molecule has 1 aromatic carbocycles. The highest BCUT2D eigenvalue weighted by atomic mass is 16.5. The molecule has 2 aromatic rings. The summed E-state index contributed by atoms with van der Waals surface area (Å²) in [5.74, 6) is 0.415. The van der Waals surface area contributed by atoms with E-state index in [0.29, 0.717) is 24.7 Å². The summed E-state index contributed by atoms with van der Waals surface area (Å²) in [5.41, 5.74) is 7.67. The Bertz CT molecular complexity index is 563. The molecule has 0 saturated carbocycles. The first-order chi connectivity index (χ1) is 9.69. The van der Waals surface area contributed by atoms with Crippen LogP contribution in [0.1, 0.15) is 5.89 Å². The molecule has 106 valence electrons. The Morgan fingerprint density at radius 2 is 2.15 bits per heavy atom. The number of carbonyl (C=O) groups excluding carboxylic acids is 1. The molecule has 0 aliphatic rings. The van der Waals surface area contributed by atoms with Crippen LogP contribution in [0.2, 0.25) is 0 Å². The largest absolute Gasteiger partial charge is 0.449 e. The smallest absolute Gasteiger partial charge is 0.250 e. The Labute approximate surface area is 116 Å². The van der Waals surface area contributed by atoms with Crippen LogP contribution in [0.4, 0.5) is 5.69 Å². The zero-order valence-corrected chi connectivity index (χ0v) is 11.3. The number of oxazole rings is 1. The minimum absolute atomic E-state index is 0.00142. The van der Waals surface area contributed by atoms with Gasteiger partial charge in [0.2, 0.25) is 5.91 Å². The van der Waals surface area contributed by atoms with Crippen LogP contribution in [0, 0.1) is 6.92 Å². The number of amides is 1. The number of carbonyl (C=O) groups is 1. The number of rotatable bonds is 6. The van der Waals surface area contributed by atoms with E-state index < -0.39 is 0 Å². The second-order valence-electron chi connectivity index (χ2n) is 4.22. The summed E-state index contributed by atoms with van der Waals surface area (Å²) in [6.07, 6.45) is 1.60. The van der Waals surface area contributed by atoms with Gasteiger partial charge in [-0.15, -0.1) is 0 Å². The van der Waals surface area contributed by atoms with Crippen molar-refractivity contribution >= 4 is 11.6 Å². The molecule has 0 bridgehead atoms. The Hall–Kier alpha value is -2.18. The molecule has 1 aromatic heterocycles. The highest BCUT2D eigenvalue weighted by molar-refractivity contribution is 5.91. The van der Waals surface area contributed by atoms with Gasteiger partial charge in [0.05, 0.1) is 6.61 Å². The fourth-order valence-corrected chi connectivity index (χ4v) is 1.67. The van der Waals surface area contributed by atoms with Crippen LogP contribution in [0.5, 0.6) is 0 Å². The van der Waals surface area contributed by atoms with E-state index in [2.05, 4.69) is 10.3 Å². The van der Waals surface area contributed by atoms with Crippen LogP contribution < -0.4 is 11.1 Å². The monoisotopic (exact) mass is 275 g/mol. The fourth-order valence-electron chi connectivity index (χ4n) is 1.67. The van der Waals surface area contributed by atoms with Crippen LogP contribution >= 0.6 is 0 Å². The predicted molar refractivity (Wildman–Crippen MR) is 75.2 cm³/mol. The van der Waals surface area contributed by atoms with Crippen LogP contribution in [0.25, 0.3) is 11.3 Å². The fraction of sp³-hybridized carbons (Fsp3) is 0.286. The number of aryl methyl sites for hydroxylation is 1. The number of nitrogens with zero attached hydrogens (tertiary/aromatic N) is 1. The minimum atomic E-state index is -0.205. The Morgan fingerprint density at radius 3 is 2.75 bits per heavy atom. The van der Waals surface area contributed by atoms with E-state index in [0.717, 1.165) is 11.3 Å². The Balaban J connectivity index is 1.93. The highest BCUT2D eigenvalue weighted by Crippen LogP contribution is 2.20. The number of ether oxygens (including phenoxy) is 1. The lowest BCUT2D eigenvalue weighted by Gasteiger charge is -2.06. The summed E-state index contributed by atoms with van der Waals surface area (Å²) in [7, 11) is 0. The second kappa shape index (κ2) is 6.83. The van der Waals surface area contributed by atoms with Crippen LogP contribution in [0.3, 0.4) is 0 Å². The molecule has 20 heavy (non-hydrogen) atoms. The van der Waals surface area contributed by atoms with Gasteiger partial charge in [0.1, 0.15) is 18.6 Å². The number of hydrogen-bond donors (Lipinski definition) is 2. The van der Waals surface area contributed by atoms with Crippen molar-refractivity contribution < 1.29 is 13.9 Å². The second-order valence-corrected chi connectivity index (χ2v) is 4.22. The van der Waals surface area contributed by atoms with Gasteiger partial charge in [-0.05, 0) is 12.1 Å². The maximum absolute atomic E-state index is 11.5. The van der Waals surface area contributed by atoms with Gasteiger partial charge in [-0.25, -0.2) is 4.98 Å². The maximum Gasteiger partial charge on any atom is 0.250 e. The van der Waals surface area contributed by atoms with Crippen molar-refractivity contribution in [1.82, 2.24) is 4.98 Å². The number of aromatic nitrogens is 1. The van der Waals surface area contributed by atoms with Gasteiger partial charge in [-0.3, -0.25) is 4.79 Å². The number of nitrogens with one attached hydrogen (secondary N) is 1. The summed E-state index contributed by atoms with van der Waals surface area (Å²) in [5, 5.41) is 2.74. The molecule has 0 radical (unpaired) electrons. The Kier molecular flexibility index (Phi) is 4.86. The van der Waals surface area contributed by atoms with Crippen molar-refractivity contribution in [3.05, 3.63) is 36.4 Å². The van der Waals surface area contributed by atoms with Gasteiger partial charge in [0, 0.05) is 24.7 Å². The van der Waals surface area contributed by atoms with E-state index in [9.17, 15) is 4.79 Å². The molecule has 0 unspecified atom stereocenters. The predicted octanol–water partition coefficient (Wildman–Crippen LogP) is 1.56. The first-order valence-corrected chi connectivity index (χ1v) is 6.29. The van der Waals surface area contributed by atoms with Crippen molar-refractivity contribution in [3.8, 4) is 11.3 Å². The van der Waals surface area contributed by atoms with E-state index in [1.54, 1.807) is 25.3 Å². The van der Waals surface area contributed by atoms with Gasteiger partial charge in [-0.2, -0.15) is 0 Å². The number of benzene rings is 1. The average molecular weight is 275 g/mol. The molecule has 0 atom stereocenters. The summed E-state index contributed by atoms with van der Waals surface area (Å²) >= 11 is 0. The van der Waals surface area contributed by atoms with Gasteiger partial charge in [0.25, 0.3) is 0 Å². The van der Waals surface area contributed by atoms with Crippen molar-refractivity contribution in [1.29, 1.82) is 0 Å². The quantitative estimate of drug-likeness (QED) is 0.781.